The molecular weight excluding hydrogens is 569 g/mol. The Morgan fingerprint density at radius 3 is 1.68 bits per heavy atom. The van der Waals surface area contributed by atoms with Gasteiger partial charge < -0.3 is 4.42 Å². The number of furan rings is 1. The summed E-state index contributed by atoms with van der Waals surface area (Å²) in [6.45, 7) is 0. The summed E-state index contributed by atoms with van der Waals surface area (Å²) in [6.07, 6.45) is 0. The second-order valence-electron chi connectivity index (χ2n) is 12.0. The van der Waals surface area contributed by atoms with Crippen molar-refractivity contribution in [3.8, 4) is 33.4 Å². The fourth-order valence-corrected chi connectivity index (χ4v) is 7.61. The summed E-state index contributed by atoms with van der Waals surface area (Å²) >= 11 is 0. The van der Waals surface area contributed by atoms with Gasteiger partial charge in [-0.1, -0.05) is 158 Å². The highest BCUT2D eigenvalue weighted by Crippen LogP contribution is 2.48. The van der Waals surface area contributed by atoms with Gasteiger partial charge in [0.2, 0.25) is 0 Å². The highest BCUT2D eigenvalue weighted by atomic mass is 16.3. The van der Waals surface area contributed by atoms with Crippen molar-refractivity contribution in [3.05, 3.63) is 170 Å². The molecular formula is C46H28O. The normalized spacial score (nSPS) is 13.3. The molecule has 0 unspecified atom stereocenters. The van der Waals surface area contributed by atoms with Crippen molar-refractivity contribution in [1.29, 1.82) is 0 Å². The minimum atomic E-state index is -0.404. The average Bonchev–Trinajstić information content (AvgIpc) is 3.58. The van der Waals surface area contributed by atoms with Gasteiger partial charge in [0.05, 0.1) is 6.85 Å². The summed E-state index contributed by atoms with van der Waals surface area (Å²) in [7, 11) is 0. The van der Waals surface area contributed by atoms with Crippen molar-refractivity contribution < 1.29 is 11.3 Å². The minimum absolute atomic E-state index is 0.198. The Morgan fingerprint density at radius 1 is 0.404 bits per heavy atom. The van der Waals surface area contributed by atoms with Crippen LogP contribution in [-0.4, -0.2) is 0 Å². The Hall–Kier alpha value is -6.18. The molecule has 0 spiro atoms. The van der Waals surface area contributed by atoms with Crippen molar-refractivity contribution in [3.63, 3.8) is 0 Å². The van der Waals surface area contributed by atoms with Crippen LogP contribution in [0.2, 0.25) is 0 Å². The number of para-hydroxylation sites is 1. The molecule has 0 saturated heterocycles. The maximum absolute atomic E-state index is 8.92. The molecule has 0 saturated carbocycles. The molecule has 0 aliphatic heterocycles. The lowest BCUT2D eigenvalue weighted by atomic mass is 9.85. The third kappa shape index (κ3) is 3.84. The first kappa shape index (κ1) is 21.5. The number of rotatable bonds is 3. The summed E-state index contributed by atoms with van der Waals surface area (Å²) in [4.78, 5) is 0. The molecule has 0 atom stereocenters. The van der Waals surface area contributed by atoms with E-state index >= 15 is 0 Å². The lowest BCUT2D eigenvalue weighted by Crippen LogP contribution is -1.91. The molecule has 0 aliphatic carbocycles. The molecule has 0 bridgehead atoms. The van der Waals surface area contributed by atoms with Crippen LogP contribution in [0.15, 0.2) is 174 Å². The number of hydrogen-bond acceptors (Lipinski definition) is 1. The average molecular weight is 602 g/mol. The summed E-state index contributed by atoms with van der Waals surface area (Å²) < 4.78 is 49.9. The molecule has 0 aliphatic rings. The first-order chi connectivity index (χ1) is 25.4. The van der Waals surface area contributed by atoms with Gasteiger partial charge in [-0.15, -0.1) is 0 Å². The van der Waals surface area contributed by atoms with E-state index in [2.05, 4.69) is 91.0 Å². The Kier molecular flexibility index (Phi) is 4.66. The quantitative estimate of drug-likeness (QED) is 0.145. The molecule has 1 heteroatoms. The highest BCUT2D eigenvalue weighted by Gasteiger charge is 2.21. The van der Waals surface area contributed by atoms with Crippen LogP contribution in [0.4, 0.5) is 0 Å². The van der Waals surface area contributed by atoms with Crippen molar-refractivity contribution in [1.82, 2.24) is 0 Å². The van der Waals surface area contributed by atoms with Gasteiger partial charge in [0, 0.05) is 16.3 Å². The molecule has 9 aromatic carbocycles. The van der Waals surface area contributed by atoms with Gasteiger partial charge in [-0.2, -0.15) is 0 Å². The lowest BCUT2D eigenvalue weighted by molar-refractivity contribution is 0.670. The van der Waals surface area contributed by atoms with Crippen LogP contribution in [-0.2, 0) is 0 Å². The summed E-state index contributed by atoms with van der Waals surface area (Å²) in [5, 5.41) is 10.2. The SMILES string of the molecule is [2H]c1c([2H])c([2H])c(-c2c3ccccc3c(-c3cccc4oc5c(-c6cc7ccccc7c7ccccc67)cccc5c34)c3ccccc23)c([2H])c1[2H]. The van der Waals surface area contributed by atoms with Gasteiger partial charge in [-0.25, -0.2) is 0 Å². The van der Waals surface area contributed by atoms with E-state index in [-0.39, 0.29) is 29.7 Å². The molecule has 0 N–H and O–H groups in total. The molecule has 0 amide bonds. The number of hydrogen-bond donors (Lipinski definition) is 0. The molecule has 10 rings (SSSR count). The number of benzene rings is 9. The highest BCUT2D eigenvalue weighted by molar-refractivity contribution is 6.26. The molecule has 1 nitrogen and oxygen atoms in total. The van der Waals surface area contributed by atoms with E-state index in [0.717, 1.165) is 71.1 Å². The van der Waals surface area contributed by atoms with Gasteiger partial charge in [-0.05, 0) is 83.0 Å². The first-order valence-corrected chi connectivity index (χ1v) is 15.8. The largest absolute Gasteiger partial charge is 0.455 e. The monoisotopic (exact) mass is 601 g/mol. The number of fused-ring (bicyclic) bond motifs is 8. The smallest absolute Gasteiger partial charge is 0.143 e. The molecule has 0 fully saturated rings. The van der Waals surface area contributed by atoms with Crippen LogP contribution in [0.5, 0.6) is 0 Å². The fraction of sp³-hybridized carbons (Fsp3) is 0. The summed E-state index contributed by atoms with van der Waals surface area (Å²) in [5.41, 5.74) is 6.54. The predicted octanol–water partition coefficient (Wildman–Crippen LogP) is 13.2. The summed E-state index contributed by atoms with van der Waals surface area (Å²) in [6, 6.07) is 46.2. The molecule has 47 heavy (non-hydrogen) atoms. The topological polar surface area (TPSA) is 13.1 Å². The van der Waals surface area contributed by atoms with E-state index in [1.165, 1.54) is 16.2 Å². The van der Waals surface area contributed by atoms with E-state index in [9.17, 15) is 0 Å². The molecule has 0 radical (unpaired) electrons. The van der Waals surface area contributed by atoms with Crippen LogP contribution in [0, 0.1) is 0 Å². The van der Waals surface area contributed by atoms with Gasteiger partial charge in [0.25, 0.3) is 0 Å². The Labute approximate surface area is 279 Å². The van der Waals surface area contributed by atoms with E-state index in [1.54, 1.807) is 0 Å². The summed E-state index contributed by atoms with van der Waals surface area (Å²) in [5.74, 6) is 0. The first-order valence-electron chi connectivity index (χ1n) is 18.3. The molecule has 218 valence electrons. The zero-order valence-electron chi connectivity index (χ0n) is 30.2. The van der Waals surface area contributed by atoms with E-state index in [4.69, 9.17) is 11.3 Å². The zero-order valence-corrected chi connectivity index (χ0v) is 25.2. The van der Waals surface area contributed by atoms with E-state index in [1.807, 2.05) is 48.5 Å². The molecule has 1 aromatic heterocycles. The van der Waals surface area contributed by atoms with Crippen LogP contribution in [0.3, 0.4) is 0 Å². The maximum atomic E-state index is 8.92. The third-order valence-electron chi connectivity index (χ3n) is 9.53. The lowest BCUT2D eigenvalue weighted by Gasteiger charge is -2.18. The van der Waals surface area contributed by atoms with Gasteiger partial charge in [0.1, 0.15) is 11.2 Å². The van der Waals surface area contributed by atoms with Crippen LogP contribution in [0.25, 0.3) is 98.4 Å². The predicted molar refractivity (Wildman–Crippen MR) is 200 cm³/mol. The zero-order chi connectivity index (χ0) is 35.2. The fourth-order valence-electron chi connectivity index (χ4n) is 7.61. The maximum Gasteiger partial charge on any atom is 0.143 e. The van der Waals surface area contributed by atoms with Crippen LogP contribution in [0.1, 0.15) is 6.85 Å². The van der Waals surface area contributed by atoms with Crippen LogP contribution < -0.4 is 0 Å². The van der Waals surface area contributed by atoms with Crippen molar-refractivity contribution in [2.24, 2.45) is 0 Å². The van der Waals surface area contributed by atoms with E-state index < -0.39 is 6.04 Å². The molecule has 1 heterocycles. The van der Waals surface area contributed by atoms with Crippen LogP contribution >= 0.6 is 0 Å². The van der Waals surface area contributed by atoms with Crippen molar-refractivity contribution >= 4 is 65.0 Å². The Morgan fingerprint density at radius 2 is 0.957 bits per heavy atom. The van der Waals surface area contributed by atoms with Gasteiger partial charge >= 0.3 is 0 Å². The van der Waals surface area contributed by atoms with Gasteiger partial charge in [-0.3, -0.25) is 0 Å². The standard InChI is InChI=1S/C46H28O/c1-2-14-29(15-3-1)43-34-20-8-10-22-36(34)44(37-23-11-9-21-35(37)43)39-25-13-27-42-45(39)40-26-12-24-38(46(40)47-42)41-28-30-16-4-5-17-31(30)32-18-6-7-19-33(32)41/h1-28H/i1D,2D,3D,14D,15D. The Balaban J connectivity index is 1.31. The second kappa shape index (κ2) is 10.2. The van der Waals surface area contributed by atoms with Crippen molar-refractivity contribution in [2.75, 3.05) is 0 Å². The van der Waals surface area contributed by atoms with E-state index in [0.29, 0.717) is 5.56 Å². The molecule has 10 aromatic rings. The third-order valence-corrected chi connectivity index (χ3v) is 9.53. The Bertz CT molecular complexity index is 3050. The van der Waals surface area contributed by atoms with Gasteiger partial charge in [0.15, 0.2) is 0 Å². The second-order valence-corrected chi connectivity index (χ2v) is 12.0. The minimum Gasteiger partial charge on any atom is -0.455 e. The van der Waals surface area contributed by atoms with Crippen molar-refractivity contribution in [2.45, 2.75) is 0 Å².